The molecule has 0 aliphatic heterocycles. The van der Waals surface area contributed by atoms with E-state index in [1.54, 1.807) is 18.2 Å². The highest BCUT2D eigenvalue weighted by atomic mass is 79.9. The Hall–Kier alpha value is -1.66. The summed E-state index contributed by atoms with van der Waals surface area (Å²) in [5.41, 5.74) is -0.191. The van der Waals surface area contributed by atoms with Crippen LogP contribution in [0.1, 0.15) is 16.1 Å². The molecule has 2 aromatic rings. The zero-order valence-electron chi connectivity index (χ0n) is 9.72. The van der Waals surface area contributed by atoms with Crippen molar-refractivity contribution in [2.24, 2.45) is 0 Å². The number of aryl methyl sites for hydroxylation is 1. The summed E-state index contributed by atoms with van der Waals surface area (Å²) in [6.07, 6.45) is 1.48. The lowest BCUT2D eigenvalue weighted by molar-refractivity contribution is 0.0686. The normalized spacial score (nSPS) is 10.5. The number of nitrogens with zero attached hydrogens (tertiary/aromatic N) is 2. The minimum Gasteiger partial charge on any atom is -0.476 e. The molecule has 7 heteroatoms. The summed E-state index contributed by atoms with van der Waals surface area (Å²) in [6, 6.07) is 5.01. The van der Waals surface area contributed by atoms with Gasteiger partial charge >= 0.3 is 5.97 Å². The molecule has 98 valence electrons. The summed E-state index contributed by atoms with van der Waals surface area (Å²) in [6.45, 7) is 1.54. The van der Waals surface area contributed by atoms with E-state index in [0.29, 0.717) is 20.7 Å². The average molecular weight is 344 g/mol. The van der Waals surface area contributed by atoms with Crippen molar-refractivity contribution < 1.29 is 9.90 Å². The number of carboxylic acid groups (broad SMARTS) is 1. The molecule has 0 aliphatic carbocycles. The Labute approximate surface area is 121 Å². The Morgan fingerprint density at radius 3 is 2.74 bits per heavy atom. The van der Waals surface area contributed by atoms with Gasteiger partial charge in [-0.05, 0) is 41.1 Å². The summed E-state index contributed by atoms with van der Waals surface area (Å²) < 4.78 is 1.99. The molecule has 0 spiro atoms. The first-order valence-corrected chi connectivity index (χ1v) is 6.36. The van der Waals surface area contributed by atoms with Crippen molar-refractivity contribution in [1.29, 1.82) is 0 Å². The van der Waals surface area contributed by atoms with Crippen LogP contribution in [0.3, 0.4) is 0 Å². The maximum atomic E-state index is 11.6. The number of rotatable bonds is 2. The Morgan fingerprint density at radius 2 is 2.16 bits per heavy atom. The lowest BCUT2D eigenvalue weighted by Crippen LogP contribution is -2.23. The van der Waals surface area contributed by atoms with Crippen molar-refractivity contribution in [1.82, 2.24) is 9.78 Å². The summed E-state index contributed by atoms with van der Waals surface area (Å²) >= 11 is 9.16. The zero-order valence-corrected chi connectivity index (χ0v) is 12.1. The molecule has 0 atom stereocenters. The van der Waals surface area contributed by atoms with Gasteiger partial charge in [-0.2, -0.15) is 5.10 Å². The van der Waals surface area contributed by atoms with Crippen molar-refractivity contribution in [2.45, 2.75) is 6.92 Å². The first-order valence-electron chi connectivity index (χ1n) is 5.19. The molecular weight excluding hydrogens is 336 g/mol. The fourth-order valence-corrected chi connectivity index (χ4v) is 1.99. The van der Waals surface area contributed by atoms with Gasteiger partial charge in [0.25, 0.3) is 0 Å². The Balaban J connectivity index is 2.66. The number of aromatic nitrogens is 2. The third-order valence-electron chi connectivity index (χ3n) is 2.47. The monoisotopic (exact) mass is 342 g/mol. The molecule has 1 aromatic heterocycles. The van der Waals surface area contributed by atoms with Gasteiger partial charge in [-0.1, -0.05) is 11.6 Å². The van der Waals surface area contributed by atoms with Crippen LogP contribution in [0, 0.1) is 6.92 Å². The van der Waals surface area contributed by atoms with Crippen LogP contribution in [0.15, 0.2) is 33.7 Å². The second-order valence-electron chi connectivity index (χ2n) is 3.84. The Kier molecular flexibility index (Phi) is 3.73. The molecule has 0 saturated carbocycles. The fraction of sp³-hybridized carbons (Fsp3) is 0.0833. The van der Waals surface area contributed by atoms with E-state index in [-0.39, 0.29) is 0 Å². The molecular formula is C12H8BrClN2O3. The number of halogens is 2. The van der Waals surface area contributed by atoms with Gasteiger partial charge in [0.2, 0.25) is 11.1 Å². The van der Waals surface area contributed by atoms with Crippen LogP contribution in [-0.2, 0) is 0 Å². The summed E-state index contributed by atoms with van der Waals surface area (Å²) in [5.74, 6) is -1.35. The average Bonchev–Trinajstić information content (AvgIpc) is 2.35. The standard InChI is InChI=1S/C12H8BrClN2O3/c1-6-5-16(15-10(11(6)17)12(18)19)7-2-3-9(14)8(13)4-7/h2-5H,1H3,(H,18,19). The topological polar surface area (TPSA) is 72.2 Å². The van der Waals surface area contributed by atoms with Crippen LogP contribution in [0.2, 0.25) is 5.02 Å². The van der Waals surface area contributed by atoms with E-state index < -0.39 is 17.1 Å². The van der Waals surface area contributed by atoms with Crippen molar-refractivity contribution >= 4 is 33.5 Å². The summed E-state index contributed by atoms with van der Waals surface area (Å²) in [5, 5.41) is 13.3. The molecule has 0 unspecified atom stereocenters. The van der Waals surface area contributed by atoms with Gasteiger partial charge in [0, 0.05) is 16.2 Å². The molecule has 0 bridgehead atoms. The number of hydrogen-bond acceptors (Lipinski definition) is 3. The van der Waals surface area contributed by atoms with Gasteiger partial charge in [0.05, 0.1) is 10.7 Å². The predicted octanol–water partition coefficient (Wildman–Crippen LogP) is 2.66. The lowest BCUT2D eigenvalue weighted by atomic mass is 10.2. The molecule has 0 fully saturated rings. The minimum absolute atomic E-state index is 0.304. The zero-order chi connectivity index (χ0) is 14.2. The third kappa shape index (κ3) is 2.69. The molecule has 5 nitrogen and oxygen atoms in total. The van der Waals surface area contributed by atoms with Crippen molar-refractivity contribution in [3.05, 3.63) is 55.4 Å². The van der Waals surface area contributed by atoms with E-state index >= 15 is 0 Å². The van der Waals surface area contributed by atoms with Gasteiger partial charge in [-0.25, -0.2) is 9.48 Å². The second-order valence-corrected chi connectivity index (χ2v) is 5.10. The third-order valence-corrected chi connectivity index (χ3v) is 3.68. The molecule has 1 aromatic carbocycles. The molecule has 0 amide bonds. The fourth-order valence-electron chi connectivity index (χ4n) is 1.51. The summed E-state index contributed by atoms with van der Waals surface area (Å²) in [4.78, 5) is 22.6. The lowest BCUT2D eigenvalue weighted by Gasteiger charge is -2.08. The van der Waals surface area contributed by atoms with Crippen LogP contribution in [0.4, 0.5) is 0 Å². The minimum atomic E-state index is -1.35. The van der Waals surface area contributed by atoms with Crippen LogP contribution in [-0.4, -0.2) is 20.9 Å². The van der Waals surface area contributed by atoms with Crippen molar-refractivity contribution in [2.75, 3.05) is 0 Å². The SMILES string of the molecule is Cc1cn(-c2ccc(Cl)c(Br)c2)nc(C(=O)O)c1=O. The van der Waals surface area contributed by atoms with Crippen LogP contribution in [0.25, 0.3) is 5.69 Å². The van der Waals surface area contributed by atoms with E-state index in [1.165, 1.54) is 17.8 Å². The van der Waals surface area contributed by atoms with Gasteiger partial charge in [0.15, 0.2) is 0 Å². The van der Waals surface area contributed by atoms with Crippen LogP contribution in [0.5, 0.6) is 0 Å². The molecule has 0 aliphatic rings. The van der Waals surface area contributed by atoms with E-state index in [4.69, 9.17) is 16.7 Å². The molecule has 2 rings (SSSR count). The van der Waals surface area contributed by atoms with Gasteiger partial charge in [-0.3, -0.25) is 4.79 Å². The van der Waals surface area contributed by atoms with E-state index in [0.717, 1.165) is 0 Å². The van der Waals surface area contributed by atoms with Crippen LogP contribution < -0.4 is 5.43 Å². The van der Waals surface area contributed by atoms with Crippen molar-refractivity contribution in [3.8, 4) is 5.69 Å². The second kappa shape index (κ2) is 5.14. The van der Waals surface area contributed by atoms with Crippen molar-refractivity contribution in [3.63, 3.8) is 0 Å². The highest BCUT2D eigenvalue weighted by molar-refractivity contribution is 9.10. The molecule has 0 radical (unpaired) electrons. The highest BCUT2D eigenvalue weighted by Gasteiger charge is 2.14. The molecule has 1 N–H and O–H groups in total. The predicted molar refractivity (Wildman–Crippen MR) is 74.2 cm³/mol. The van der Waals surface area contributed by atoms with Gasteiger partial charge in [-0.15, -0.1) is 0 Å². The smallest absolute Gasteiger partial charge is 0.360 e. The Morgan fingerprint density at radius 1 is 1.47 bits per heavy atom. The van der Waals surface area contributed by atoms with E-state index in [1.807, 2.05) is 0 Å². The number of benzene rings is 1. The van der Waals surface area contributed by atoms with Gasteiger partial charge in [0.1, 0.15) is 0 Å². The van der Waals surface area contributed by atoms with E-state index in [9.17, 15) is 9.59 Å². The Bertz CT molecular complexity index is 727. The quantitative estimate of drug-likeness (QED) is 0.910. The number of aromatic carboxylic acids is 1. The largest absolute Gasteiger partial charge is 0.476 e. The number of carbonyl (C=O) groups is 1. The van der Waals surface area contributed by atoms with Crippen LogP contribution >= 0.6 is 27.5 Å². The first-order chi connectivity index (χ1) is 8.90. The molecule has 1 heterocycles. The maximum Gasteiger partial charge on any atom is 0.360 e. The molecule has 0 saturated heterocycles. The number of hydrogen-bond donors (Lipinski definition) is 1. The first kappa shape index (κ1) is 13.8. The maximum absolute atomic E-state index is 11.6. The highest BCUT2D eigenvalue weighted by Crippen LogP contribution is 2.24. The summed E-state index contributed by atoms with van der Waals surface area (Å²) in [7, 11) is 0. The molecule has 19 heavy (non-hydrogen) atoms. The van der Waals surface area contributed by atoms with E-state index in [2.05, 4.69) is 21.0 Å². The number of carboxylic acids is 1. The van der Waals surface area contributed by atoms with Gasteiger partial charge < -0.3 is 5.11 Å².